The summed E-state index contributed by atoms with van der Waals surface area (Å²) in [6.45, 7) is 5.08. The first-order valence-corrected chi connectivity index (χ1v) is 10.3. The smallest absolute Gasteiger partial charge is 0.191 e. The molecule has 3 N–H and O–H groups in total. The number of benzene rings is 2. The van der Waals surface area contributed by atoms with Gasteiger partial charge in [-0.3, -0.25) is 4.99 Å². The van der Waals surface area contributed by atoms with Crippen LogP contribution in [0.25, 0.3) is 16.6 Å². The molecule has 0 amide bonds. The Hall–Kier alpha value is -2.81. The van der Waals surface area contributed by atoms with E-state index in [1.54, 1.807) is 13.2 Å². The van der Waals surface area contributed by atoms with E-state index in [0.717, 1.165) is 24.6 Å². The maximum atomic E-state index is 4.39. The lowest BCUT2D eigenvalue weighted by Gasteiger charge is -2.19. The van der Waals surface area contributed by atoms with Gasteiger partial charge in [0.05, 0.1) is 11.7 Å². The van der Waals surface area contributed by atoms with Crippen molar-refractivity contribution in [3.05, 3.63) is 83.8 Å². The van der Waals surface area contributed by atoms with E-state index in [2.05, 4.69) is 88.2 Å². The molecule has 0 spiro atoms. The molecule has 2 aromatic heterocycles. The topological polar surface area (TPSA) is 70.0 Å². The number of para-hydroxylation sites is 1. The Morgan fingerprint density at radius 2 is 2.03 bits per heavy atom. The summed E-state index contributed by atoms with van der Waals surface area (Å²) >= 11 is 0. The van der Waals surface area contributed by atoms with Gasteiger partial charge in [0.2, 0.25) is 0 Å². The average molecular weight is 528 g/mol. The number of halogens is 1. The summed E-state index contributed by atoms with van der Waals surface area (Å²) in [4.78, 5) is 7.79. The number of hydrogen-bond acceptors (Lipinski definition) is 2. The molecule has 4 rings (SSSR count). The molecule has 4 aromatic rings. The van der Waals surface area contributed by atoms with Crippen LogP contribution in [0.4, 0.5) is 0 Å². The van der Waals surface area contributed by atoms with Gasteiger partial charge in [0.25, 0.3) is 0 Å². The monoisotopic (exact) mass is 528 g/mol. The molecule has 0 saturated heterocycles. The number of rotatable bonds is 6. The van der Waals surface area contributed by atoms with E-state index in [4.69, 9.17) is 0 Å². The van der Waals surface area contributed by atoms with Crippen molar-refractivity contribution in [2.45, 2.75) is 26.3 Å². The lowest BCUT2D eigenvalue weighted by molar-refractivity contribution is 0.683. The van der Waals surface area contributed by atoms with Gasteiger partial charge in [-0.25, -0.2) is 4.68 Å². The Morgan fingerprint density at radius 3 is 2.81 bits per heavy atom. The molecular weight excluding hydrogens is 499 g/mol. The molecule has 1 atom stereocenters. The first kappa shape index (κ1) is 22.9. The van der Waals surface area contributed by atoms with E-state index in [-0.39, 0.29) is 30.0 Å². The van der Waals surface area contributed by atoms with Crippen LogP contribution in [0.3, 0.4) is 0 Å². The second-order valence-corrected chi connectivity index (χ2v) is 7.47. The average Bonchev–Trinajstić information content (AvgIpc) is 3.44. The Kier molecular flexibility index (Phi) is 7.73. The Labute approximate surface area is 200 Å². The van der Waals surface area contributed by atoms with Gasteiger partial charge in [0.1, 0.15) is 0 Å². The van der Waals surface area contributed by atoms with E-state index in [0.29, 0.717) is 0 Å². The molecule has 31 heavy (non-hydrogen) atoms. The fourth-order valence-corrected chi connectivity index (χ4v) is 3.73. The molecule has 0 aliphatic heterocycles. The number of nitrogens with one attached hydrogen (secondary N) is 3. The van der Waals surface area contributed by atoms with Gasteiger partial charge < -0.3 is 15.6 Å². The summed E-state index contributed by atoms with van der Waals surface area (Å²) in [6.07, 6.45) is 6.77. The predicted molar refractivity (Wildman–Crippen MR) is 139 cm³/mol. The molecule has 0 aliphatic rings. The third-order valence-corrected chi connectivity index (χ3v) is 5.41. The zero-order valence-corrected chi connectivity index (χ0v) is 20.4. The molecule has 162 valence electrons. The number of aromatic nitrogens is 3. The van der Waals surface area contributed by atoms with Crippen LogP contribution in [-0.2, 0) is 6.42 Å². The van der Waals surface area contributed by atoms with Crippen LogP contribution in [0, 0.1) is 6.92 Å². The molecule has 2 heterocycles. The summed E-state index contributed by atoms with van der Waals surface area (Å²) in [7, 11) is 1.80. The number of aromatic amines is 1. The molecule has 1 unspecified atom stereocenters. The summed E-state index contributed by atoms with van der Waals surface area (Å²) in [6, 6.07) is 16.8. The highest BCUT2D eigenvalue weighted by atomic mass is 127. The number of guanidine groups is 1. The Morgan fingerprint density at radius 1 is 1.19 bits per heavy atom. The van der Waals surface area contributed by atoms with E-state index in [1.165, 1.54) is 27.6 Å². The molecule has 0 aliphatic carbocycles. The Balaban J connectivity index is 0.00000272. The predicted octanol–water partition coefficient (Wildman–Crippen LogP) is 4.75. The van der Waals surface area contributed by atoms with Gasteiger partial charge in [0, 0.05) is 43.1 Å². The number of nitrogens with zero attached hydrogens (tertiary/aromatic N) is 3. The SMILES string of the molecule is CN=C(NCCc1c[nH]c2c(C)cccc12)NC(C)c1cccc(-n2cccn2)c1.I. The number of H-pyrrole nitrogens is 1. The van der Waals surface area contributed by atoms with Crippen molar-refractivity contribution in [3.8, 4) is 5.69 Å². The molecule has 0 saturated carbocycles. The van der Waals surface area contributed by atoms with Crippen molar-refractivity contribution in [2.75, 3.05) is 13.6 Å². The highest BCUT2D eigenvalue weighted by Crippen LogP contribution is 2.21. The van der Waals surface area contributed by atoms with Crippen molar-refractivity contribution >= 4 is 40.8 Å². The van der Waals surface area contributed by atoms with Gasteiger partial charge in [-0.05, 0) is 55.2 Å². The van der Waals surface area contributed by atoms with Crippen LogP contribution >= 0.6 is 24.0 Å². The second kappa shape index (κ2) is 10.5. The van der Waals surface area contributed by atoms with E-state index >= 15 is 0 Å². The van der Waals surface area contributed by atoms with Crippen molar-refractivity contribution in [3.63, 3.8) is 0 Å². The van der Waals surface area contributed by atoms with E-state index in [1.807, 2.05) is 16.9 Å². The van der Waals surface area contributed by atoms with E-state index in [9.17, 15) is 0 Å². The zero-order valence-electron chi connectivity index (χ0n) is 18.1. The number of fused-ring (bicyclic) bond motifs is 1. The van der Waals surface area contributed by atoms with Crippen LogP contribution < -0.4 is 10.6 Å². The second-order valence-electron chi connectivity index (χ2n) is 7.47. The minimum absolute atomic E-state index is 0. The third kappa shape index (κ3) is 5.28. The first-order valence-electron chi connectivity index (χ1n) is 10.3. The Bertz CT molecular complexity index is 1150. The highest BCUT2D eigenvalue weighted by molar-refractivity contribution is 14.0. The van der Waals surface area contributed by atoms with Gasteiger partial charge in [-0.1, -0.05) is 30.3 Å². The van der Waals surface area contributed by atoms with Crippen LogP contribution in [0.15, 0.2) is 72.1 Å². The number of aryl methyl sites for hydroxylation is 1. The third-order valence-electron chi connectivity index (χ3n) is 5.41. The summed E-state index contributed by atoms with van der Waals surface area (Å²) < 4.78 is 1.87. The van der Waals surface area contributed by atoms with Gasteiger partial charge in [0.15, 0.2) is 5.96 Å². The number of aliphatic imine (C=N–C) groups is 1. The number of hydrogen-bond donors (Lipinski definition) is 3. The van der Waals surface area contributed by atoms with Gasteiger partial charge >= 0.3 is 0 Å². The van der Waals surface area contributed by atoms with Crippen molar-refractivity contribution in [1.82, 2.24) is 25.4 Å². The van der Waals surface area contributed by atoms with Gasteiger partial charge in [-0.15, -0.1) is 24.0 Å². The molecule has 0 fully saturated rings. The summed E-state index contributed by atoms with van der Waals surface area (Å²) in [5, 5.41) is 12.5. The van der Waals surface area contributed by atoms with Crippen LogP contribution in [0.5, 0.6) is 0 Å². The van der Waals surface area contributed by atoms with Crippen LogP contribution in [0.2, 0.25) is 0 Å². The minimum atomic E-state index is 0. The zero-order chi connectivity index (χ0) is 20.9. The van der Waals surface area contributed by atoms with Crippen molar-refractivity contribution in [2.24, 2.45) is 4.99 Å². The fraction of sp³-hybridized carbons (Fsp3) is 0.250. The molecular formula is C24H29IN6. The fourth-order valence-electron chi connectivity index (χ4n) is 3.73. The first-order chi connectivity index (χ1) is 14.7. The standard InChI is InChI=1S/C24H28N6.HI/c1-17-7-4-10-22-20(16-27-23(17)22)11-13-26-24(25-3)29-18(2)19-8-5-9-21(15-19)30-14-6-12-28-30;/h4-10,12,14-16,18,27H,11,13H2,1-3H3,(H2,25,26,29);1H. The normalized spacial score (nSPS) is 12.4. The lowest BCUT2D eigenvalue weighted by Crippen LogP contribution is -2.39. The maximum absolute atomic E-state index is 4.39. The molecule has 7 heteroatoms. The maximum Gasteiger partial charge on any atom is 0.191 e. The van der Waals surface area contributed by atoms with Crippen LogP contribution in [-0.4, -0.2) is 34.3 Å². The quantitative estimate of drug-likeness (QED) is 0.192. The molecule has 0 radical (unpaired) electrons. The molecule has 0 bridgehead atoms. The highest BCUT2D eigenvalue weighted by Gasteiger charge is 2.10. The minimum Gasteiger partial charge on any atom is -0.361 e. The molecule has 6 nitrogen and oxygen atoms in total. The van der Waals surface area contributed by atoms with Crippen molar-refractivity contribution < 1.29 is 0 Å². The summed E-state index contributed by atoms with van der Waals surface area (Å²) in [5.41, 5.74) is 6.04. The van der Waals surface area contributed by atoms with Gasteiger partial charge in [-0.2, -0.15) is 5.10 Å². The lowest BCUT2D eigenvalue weighted by atomic mass is 10.1. The molecule has 2 aromatic carbocycles. The summed E-state index contributed by atoms with van der Waals surface area (Å²) in [5.74, 6) is 0.794. The van der Waals surface area contributed by atoms with E-state index < -0.39 is 0 Å². The largest absolute Gasteiger partial charge is 0.361 e. The van der Waals surface area contributed by atoms with Crippen LogP contribution in [0.1, 0.15) is 29.7 Å². The van der Waals surface area contributed by atoms with Crippen molar-refractivity contribution in [1.29, 1.82) is 0 Å².